The highest BCUT2D eigenvalue weighted by Crippen LogP contribution is 2.23. The number of imidazole rings is 1. The Labute approximate surface area is 132 Å². The van der Waals surface area contributed by atoms with Gasteiger partial charge in [-0.15, -0.1) is 11.6 Å². The average molecular weight is 358 g/mol. The van der Waals surface area contributed by atoms with Gasteiger partial charge in [0.1, 0.15) is 11.3 Å². The van der Waals surface area contributed by atoms with Gasteiger partial charge in [0.2, 0.25) is 0 Å². The molecular formula is C14H18BrClN4. The van der Waals surface area contributed by atoms with Gasteiger partial charge < -0.3 is 9.47 Å². The van der Waals surface area contributed by atoms with Crippen molar-refractivity contribution in [3.8, 4) is 0 Å². The molecule has 1 aliphatic heterocycles. The van der Waals surface area contributed by atoms with Crippen LogP contribution in [0.4, 0.5) is 0 Å². The molecule has 0 radical (unpaired) electrons. The third kappa shape index (κ3) is 2.85. The van der Waals surface area contributed by atoms with Crippen molar-refractivity contribution in [2.75, 3.05) is 20.1 Å². The van der Waals surface area contributed by atoms with E-state index >= 15 is 0 Å². The number of piperidine rings is 1. The summed E-state index contributed by atoms with van der Waals surface area (Å²) < 4.78 is 3.15. The number of pyridine rings is 1. The van der Waals surface area contributed by atoms with Gasteiger partial charge in [-0.1, -0.05) is 0 Å². The first kappa shape index (κ1) is 14.3. The Bertz CT molecular complexity index is 612. The topological polar surface area (TPSA) is 34.0 Å². The minimum absolute atomic E-state index is 0.427. The second kappa shape index (κ2) is 6.00. The van der Waals surface area contributed by atoms with Crippen molar-refractivity contribution in [1.82, 2.24) is 19.4 Å². The van der Waals surface area contributed by atoms with Crippen molar-refractivity contribution in [2.24, 2.45) is 5.92 Å². The van der Waals surface area contributed by atoms with Crippen LogP contribution in [-0.4, -0.2) is 39.6 Å². The summed E-state index contributed by atoms with van der Waals surface area (Å²) in [5, 5.41) is 0. The monoisotopic (exact) mass is 356 g/mol. The Kier molecular flexibility index (Phi) is 4.29. The summed E-state index contributed by atoms with van der Waals surface area (Å²) in [4.78, 5) is 11.5. The molecule has 1 aliphatic rings. The van der Waals surface area contributed by atoms with Crippen molar-refractivity contribution >= 4 is 38.7 Å². The molecule has 2 aromatic heterocycles. The summed E-state index contributed by atoms with van der Waals surface area (Å²) in [5.74, 6) is 2.00. The van der Waals surface area contributed by atoms with Gasteiger partial charge in [0, 0.05) is 23.8 Å². The van der Waals surface area contributed by atoms with E-state index in [4.69, 9.17) is 11.6 Å². The normalized spacial score (nSPS) is 20.6. The van der Waals surface area contributed by atoms with Crippen LogP contribution in [0.2, 0.25) is 0 Å². The van der Waals surface area contributed by atoms with Crippen LogP contribution in [0.15, 0.2) is 16.7 Å². The van der Waals surface area contributed by atoms with Crippen LogP contribution in [-0.2, 0) is 12.4 Å². The van der Waals surface area contributed by atoms with Crippen LogP contribution < -0.4 is 0 Å². The lowest BCUT2D eigenvalue weighted by Crippen LogP contribution is -2.34. The Morgan fingerprint density at radius 1 is 1.50 bits per heavy atom. The lowest BCUT2D eigenvalue weighted by Gasteiger charge is -2.30. The molecule has 1 unspecified atom stereocenters. The number of likely N-dealkylation sites (tertiary alicyclic amines) is 1. The van der Waals surface area contributed by atoms with Crippen molar-refractivity contribution in [3.05, 3.63) is 22.6 Å². The first-order valence-electron chi connectivity index (χ1n) is 6.92. The molecule has 2 aromatic rings. The van der Waals surface area contributed by atoms with Gasteiger partial charge in [-0.05, 0) is 54.3 Å². The fourth-order valence-corrected chi connectivity index (χ4v) is 3.53. The summed E-state index contributed by atoms with van der Waals surface area (Å²) in [7, 11) is 2.19. The number of rotatable bonds is 3. The number of aromatic nitrogens is 3. The highest BCUT2D eigenvalue weighted by molar-refractivity contribution is 9.10. The van der Waals surface area contributed by atoms with Crippen LogP contribution >= 0.6 is 27.5 Å². The molecule has 0 N–H and O–H groups in total. The molecule has 3 heterocycles. The van der Waals surface area contributed by atoms with Crippen LogP contribution in [0.25, 0.3) is 11.2 Å². The molecule has 1 fully saturated rings. The lowest BCUT2D eigenvalue weighted by molar-refractivity contribution is 0.194. The number of hydrogen-bond donors (Lipinski definition) is 0. The maximum atomic E-state index is 6.06. The number of halogens is 2. The minimum Gasteiger partial charge on any atom is -0.311 e. The Hall–Kier alpha value is -0.650. The molecule has 0 amide bonds. The Morgan fingerprint density at radius 2 is 2.35 bits per heavy atom. The first-order chi connectivity index (χ1) is 9.67. The molecule has 1 saturated heterocycles. The van der Waals surface area contributed by atoms with E-state index in [0.29, 0.717) is 11.8 Å². The molecule has 0 bridgehead atoms. The fraction of sp³-hybridized carbons (Fsp3) is 0.571. The zero-order valence-corrected chi connectivity index (χ0v) is 13.9. The standard InChI is InChI=1S/C14H18BrClN4/c1-19-4-2-3-10(8-19)9-20-13(6-16)18-12-5-11(15)7-17-14(12)20/h5,7,10H,2-4,6,8-9H2,1H3. The molecule has 20 heavy (non-hydrogen) atoms. The van der Waals surface area contributed by atoms with E-state index in [0.717, 1.165) is 34.6 Å². The highest BCUT2D eigenvalue weighted by Gasteiger charge is 2.20. The van der Waals surface area contributed by atoms with Gasteiger partial charge in [0.15, 0.2) is 5.65 Å². The van der Waals surface area contributed by atoms with Gasteiger partial charge in [0.05, 0.1) is 5.88 Å². The quantitative estimate of drug-likeness (QED) is 0.791. The highest BCUT2D eigenvalue weighted by atomic mass is 79.9. The summed E-state index contributed by atoms with van der Waals surface area (Å²) in [6, 6.07) is 2.00. The number of nitrogens with zero attached hydrogens (tertiary/aromatic N) is 4. The first-order valence-corrected chi connectivity index (χ1v) is 8.25. The Balaban J connectivity index is 1.93. The van der Waals surface area contributed by atoms with Crippen molar-refractivity contribution in [3.63, 3.8) is 0 Å². The molecule has 0 aromatic carbocycles. The molecule has 0 aliphatic carbocycles. The van der Waals surface area contributed by atoms with Gasteiger partial charge in [0.25, 0.3) is 0 Å². The van der Waals surface area contributed by atoms with Crippen molar-refractivity contribution in [1.29, 1.82) is 0 Å². The molecule has 1 atom stereocenters. The molecule has 4 nitrogen and oxygen atoms in total. The Morgan fingerprint density at radius 3 is 3.10 bits per heavy atom. The fourth-order valence-electron chi connectivity index (χ4n) is 3.01. The second-order valence-corrected chi connectivity index (χ2v) is 6.72. The minimum atomic E-state index is 0.427. The third-order valence-corrected chi connectivity index (χ3v) is 4.59. The molecule has 0 spiro atoms. The predicted octanol–water partition coefficient (Wildman–Crippen LogP) is 3.27. The molecular weight excluding hydrogens is 340 g/mol. The van der Waals surface area contributed by atoms with Crippen molar-refractivity contribution < 1.29 is 0 Å². The van der Waals surface area contributed by atoms with Gasteiger partial charge >= 0.3 is 0 Å². The third-order valence-electron chi connectivity index (χ3n) is 3.91. The number of hydrogen-bond acceptors (Lipinski definition) is 3. The summed E-state index contributed by atoms with van der Waals surface area (Å²) in [6.07, 6.45) is 4.36. The summed E-state index contributed by atoms with van der Waals surface area (Å²) in [6.45, 7) is 3.30. The SMILES string of the molecule is CN1CCCC(Cn2c(CCl)nc3cc(Br)cnc32)C1. The predicted molar refractivity (Wildman–Crippen MR) is 85.0 cm³/mol. The smallest absolute Gasteiger partial charge is 0.160 e. The maximum Gasteiger partial charge on any atom is 0.160 e. The van der Waals surface area contributed by atoms with Crippen LogP contribution in [0.1, 0.15) is 18.7 Å². The average Bonchev–Trinajstić information content (AvgIpc) is 2.76. The molecule has 3 rings (SSSR count). The van der Waals surface area contributed by atoms with Crippen molar-refractivity contribution in [2.45, 2.75) is 25.3 Å². The van der Waals surface area contributed by atoms with E-state index in [1.165, 1.54) is 19.4 Å². The maximum absolute atomic E-state index is 6.06. The zero-order valence-electron chi connectivity index (χ0n) is 11.5. The number of fused-ring (bicyclic) bond motifs is 1. The van der Waals surface area contributed by atoms with E-state index in [1.54, 1.807) is 0 Å². The second-order valence-electron chi connectivity index (χ2n) is 5.54. The summed E-state index contributed by atoms with van der Waals surface area (Å²) >= 11 is 9.50. The van der Waals surface area contributed by atoms with E-state index in [1.807, 2.05) is 12.3 Å². The van der Waals surface area contributed by atoms with E-state index < -0.39 is 0 Å². The van der Waals surface area contributed by atoms with Gasteiger partial charge in [-0.2, -0.15) is 0 Å². The van der Waals surface area contributed by atoms with E-state index in [2.05, 4.69) is 42.4 Å². The van der Waals surface area contributed by atoms with E-state index in [9.17, 15) is 0 Å². The largest absolute Gasteiger partial charge is 0.311 e. The van der Waals surface area contributed by atoms with Crippen LogP contribution in [0.3, 0.4) is 0 Å². The number of alkyl halides is 1. The van der Waals surface area contributed by atoms with Crippen LogP contribution in [0.5, 0.6) is 0 Å². The van der Waals surface area contributed by atoms with Crippen LogP contribution in [0, 0.1) is 5.92 Å². The zero-order chi connectivity index (χ0) is 14.1. The van der Waals surface area contributed by atoms with Gasteiger partial charge in [-0.3, -0.25) is 0 Å². The lowest BCUT2D eigenvalue weighted by atomic mass is 9.98. The van der Waals surface area contributed by atoms with Gasteiger partial charge in [-0.25, -0.2) is 9.97 Å². The van der Waals surface area contributed by atoms with E-state index in [-0.39, 0.29) is 0 Å². The summed E-state index contributed by atoms with van der Waals surface area (Å²) in [5.41, 5.74) is 1.86. The molecule has 6 heteroatoms. The molecule has 108 valence electrons. The molecule has 0 saturated carbocycles.